The van der Waals surface area contributed by atoms with E-state index in [1.165, 1.54) is 5.56 Å². The molecular weight excluding hydrogens is 430 g/mol. The maximum Gasteiger partial charge on any atom is 0.295 e. The van der Waals surface area contributed by atoms with Crippen LogP contribution in [0.5, 0.6) is 11.5 Å². The molecule has 0 unspecified atom stereocenters. The van der Waals surface area contributed by atoms with Crippen LogP contribution < -0.4 is 14.8 Å². The highest BCUT2D eigenvalue weighted by atomic mass is 16.5. The summed E-state index contributed by atoms with van der Waals surface area (Å²) in [6, 6.07) is 13.0. The van der Waals surface area contributed by atoms with Crippen LogP contribution in [0.4, 0.5) is 6.01 Å². The molecule has 0 radical (unpaired) electrons. The Hall–Kier alpha value is -2.77. The standard InChI is InChI=1S/C27H37N3O4/c1-18(2)32-23-13-21(14-24(16-23)33-19(3)4)17-30-10-7-22(8-11-30)28-27-29-25-15-20(9-12-31)5-6-26(25)34-27/h5-6,13-16,18-19,22,31H,7-12,17H2,1-4H3,(H,28,29). The number of likely N-dealkylation sites (tertiary alicyclic amines) is 1. The van der Waals surface area contributed by atoms with Crippen LogP contribution in [0.2, 0.25) is 0 Å². The number of hydrogen-bond acceptors (Lipinski definition) is 7. The fourth-order valence-electron chi connectivity index (χ4n) is 4.39. The van der Waals surface area contributed by atoms with Gasteiger partial charge in [-0.1, -0.05) is 6.07 Å². The predicted molar refractivity (Wildman–Crippen MR) is 135 cm³/mol. The number of nitrogens with one attached hydrogen (secondary N) is 1. The monoisotopic (exact) mass is 467 g/mol. The molecule has 2 heterocycles. The molecule has 0 aliphatic carbocycles. The minimum atomic E-state index is 0.122. The summed E-state index contributed by atoms with van der Waals surface area (Å²) < 4.78 is 17.8. The first-order valence-corrected chi connectivity index (χ1v) is 12.3. The quantitative estimate of drug-likeness (QED) is 0.434. The van der Waals surface area contributed by atoms with E-state index in [2.05, 4.69) is 27.3 Å². The first-order chi connectivity index (χ1) is 16.4. The van der Waals surface area contributed by atoms with Crippen LogP contribution in [-0.4, -0.2) is 52.9 Å². The lowest BCUT2D eigenvalue weighted by Crippen LogP contribution is -2.38. The molecule has 1 aliphatic heterocycles. The molecule has 7 nitrogen and oxygen atoms in total. The lowest BCUT2D eigenvalue weighted by molar-refractivity contribution is 0.207. The van der Waals surface area contributed by atoms with Crippen molar-refractivity contribution in [2.24, 2.45) is 0 Å². The molecule has 34 heavy (non-hydrogen) atoms. The number of fused-ring (bicyclic) bond motifs is 1. The second-order valence-electron chi connectivity index (χ2n) is 9.64. The highest BCUT2D eigenvalue weighted by Crippen LogP contribution is 2.27. The maximum atomic E-state index is 9.15. The van der Waals surface area contributed by atoms with Gasteiger partial charge in [0.2, 0.25) is 0 Å². The van der Waals surface area contributed by atoms with E-state index in [1.54, 1.807) is 0 Å². The molecule has 2 aromatic carbocycles. The summed E-state index contributed by atoms with van der Waals surface area (Å²) in [7, 11) is 0. The van der Waals surface area contributed by atoms with Gasteiger partial charge < -0.3 is 24.3 Å². The molecule has 0 bridgehead atoms. The second-order valence-corrected chi connectivity index (χ2v) is 9.64. The van der Waals surface area contributed by atoms with Crippen molar-refractivity contribution in [2.45, 2.75) is 71.8 Å². The Kier molecular flexibility index (Phi) is 7.95. The molecule has 4 rings (SSSR count). The zero-order chi connectivity index (χ0) is 24.1. The van der Waals surface area contributed by atoms with Crippen molar-refractivity contribution >= 4 is 17.1 Å². The maximum absolute atomic E-state index is 9.15. The number of anilines is 1. The van der Waals surface area contributed by atoms with Crippen LogP contribution in [-0.2, 0) is 13.0 Å². The number of ether oxygens (including phenoxy) is 2. The lowest BCUT2D eigenvalue weighted by atomic mass is 10.0. The Morgan fingerprint density at radius 1 is 1.00 bits per heavy atom. The number of aromatic nitrogens is 1. The summed E-state index contributed by atoms with van der Waals surface area (Å²) in [5.41, 5.74) is 3.86. The van der Waals surface area contributed by atoms with Gasteiger partial charge in [-0.05, 0) is 82.3 Å². The van der Waals surface area contributed by atoms with E-state index in [1.807, 2.05) is 52.0 Å². The van der Waals surface area contributed by atoms with Crippen molar-refractivity contribution in [3.8, 4) is 11.5 Å². The third-order valence-electron chi connectivity index (χ3n) is 5.86. The second kappa shape index (κ2) is 11.1. The highest BCUT2D eigenvalue weighted by Gasteiger charge is 2.21. The first-order valence-electron chi connectivity index (χ1n) is 12.3. The molecule has 1 aliphatic rings. The highest BCUT2D eigenvalue weighted by molar-refractivity contribution is 5.75. The average Bonchev–Trinajstić information content (AvgIpc) is 3.16. The molecule has 3 aromatic rings. The lowest BCUT2D eigenvalue weighted by Gasteiger charge is -2.32. The summed E-state index contributed by atoms with van der Waals surface area (Å²) >= 11 is 0. The van der Waals surface area contributed by atoms with Crippen molar-refractivity contribution in [2.75, 3.05) is 25.0 Å². The summed E-state index contributed by atoms with van der Waals surface area (Å²) in [6.45, 7) is 11.1. The van der Waals surface area contributed by atoms with Crippen LogP contribution in [0.3, 0.4) is 0 Å². The van der Waals surface area contributed by atoms with Crippen molar-refractivity contribution in [1.29, 1.82) is 0 Å². The topological polar surface area (TPSA) is 80.0 Å². The van der Waals surface area contributed by atoms with E-state index < -0.39 is 0 Å². The van der Waals surface area contributed by atoms with Gasteiger partial charge in [0.25, 0.3) is 6.01 Å². The number of hydrogen-bond donors (Lipinski definition) is 2. The van der Waals surface area contributed by atoms with E-state index >= 15 is 0 Å². The van der Waals surface area contributed by atoms with E-state index in [4.69, 9.17) is 19.0 Å². The summed E-state index contributed by atoms with van der Waals surface area (Å²) in [5, 5.41) is 12.6. The van der Waals surface area contributed by atoms with Gasteiger partial charge >= 0.3 is 0 Å². The summed E-state index contributed by atoms with van der Waals surface area (Å²) in [4.78, 5) is 7.07. The normalized spacial score (nSPS) is 15.4. The SMILES string of the molecule is CC(C)Oc1cc(CN2CCC(Nc3nc4cc(CCO)ccc4o3)CC2)cc(OC(C)C)c1. The molecule has 2 N–H and O–H groups in total. The minimum absolute atomic E-state index is 0.122. The van der Waals surface area contributed by atoms with Crippen LogP contribution in [0.15, 0.2) is 40.8 Å². The fraction of sp³-hybridized carbons (Fsp3) is 0.519. The molecular formula is C27H37N3O4. The van der Waals surface area contributed by atoms with Gasteiger partial charge in [0.15, 0.2) is 5.58 Å². The Morgan fingerprint density at radius 2 is 1.68 bits per heavy atom. The van der Waals surface area contributed by atoms with Gasteiger partial charge in [0.1, 0.15) is 17.0 Å². The zero-order valence-electron chi connectivity index (χ0n) is 20.7. The fourth-order valence-corrected chi connectivity index (χ4v) is 4.39. The summed E-state index contributed by atoms with van der Waals surface area (Å²) in [6.07, 6.45) is 2.91. The van der Waals surface area contributed by atoms with Crippen molar-refractivity contribution in [1.82, 2.24) is 9.88 Å². The molecule has 0 spiro atoms. The van der Waals surface area contributed by atoms with Crippen molar-refractivity contribution < 1.29 is 19.0 Å². The molecule has 0 saturated carbocycles. The van der Waals surface area contributed by atoms with Gasteiger partial charge in [-0.3, -0.25) is 4.90 Å². The van der Waals surface area contributed by atoms with Gasteiger partial charge in [-0.2, -0.15) is 4.98 Å². The van der Waals surface area contributed by atoms with Gasteiger partial charge in [-0.15, -0.1) is 0 Å². The smallest absolute Gasteiger partial charge is 0.295 e. The van der Waals surface area contributed by atoms with Crippen LogP contribution >= 0.6 is 0 Å². The van der Waals surface area contributed by atoms with Gasteiger partial charge in [0.05, 0.1) is 12.2 Å². The Morgan fingerprint density at radius 3 is 2.29 bits per heavy atom. The molecule has 184 valence electrons. The van der Waals surface area contributed by atoms with Crippen molar-refractivity contribution in [3.05, 3.63) is 47.5 Å². The molecule has 7 heteroatoms. The van der Waals surface area contributed by atoms with Crippen LogP contribution in [0.25, 0.3) is 11.1 Å². The number of benzene rings is 2. The molecule has 0 atom stereocenters. The average molecular weight is 468 g/mol. The number of nitrogens with zero attached hydrogens (tertiary/aromatic N) is 2. The molecule has 1 fully saturated rings. The number of piperidine rings is 1. The largest absolute Gasteiger partial charge is 0.491 e. The Bertz CT molecular complexity index is 1040. The third-order valence-corrected chi connectivity index (χ3v) is 5.86. The Labute approximate surface area is 202 Å². The molecule has 1 saturated heterocycles. The van der Waals surface area contributed by atoms with Gasteiger partial charge in [-0.25, -0.2) is 0 Å². The van der Waals surface area contributed by atoms with Crippen LogP contribution in [0.1, 0.15) is 51.7 Å². The molecule has 0 amide bonds. The zero-order valence-corrected chi connectivity index (χ0v) is 20.7. The van der Waals surface area contributed by atoms with Crippen LogP contribution in [0, 0.1) is 0 Å². The third kappa shape index (κ3) is 6.64. The minimum Gasteiger partial charge on any atom is -0.491 e. The molecule has 1 aromatic heterocycles. The first kappa shape index (κ1) is 24.4. The summed E-state index contributed by atoms with van der Waals surface area (Å²) in [5.74, 6) is 1.72. The van der Waals surface area contributed by atoms with Gasteiger partial charge in [0, 0.05) is 38.3 Å². The number of aliphatic hydroxyl groups is 1. The van der Waals surface area contributed by atoms with Crippen molar-refractivity contribution in [3.63, 3.8) is 0 Å². The number of oxazole rings is 1. The van der Waals surface area contributed by atoms with E-state index in [0.29, 0.717) is 18.5 Å². The number of aliphatic hydroxyl groups excluding tert-OH is 1. The van der Waals surface area contributed by atoms with E-state index in [0.717, 1.165) is 60.6 Å². The van der Waals surface area contributed by atoms with E-state index in [-0.39, 0.29) is 18.8 Å². The predicted octanol–water partition coefficient (Wildman–Crippen LogP) is 5.01. The number of rotatable bonds is 10. The van der Waals surface area contributed by atoms with E-state index in [9.17, 15) is 0 Å². The Balaban J connectivity index is 1.34.